The predicted octanol–water partition coefficient (Wildman–Crippen LogP) is 3.07. The summed E-state index contributed by atoms with van der Waals surface area (Å²) in [7, 11) is 1.63. The summed E-state index contributed by atoms with van der Waals surface area (Å²) in [6, 6.07) is 9.35. The Morgan fingerprint density at radius 3 is 2.65 bits per heavy atom. The van der Waals surface area contributed by atoms with E-state index < -0.39 is 5.60 Å². The highest BCUT2D eigenvalue weighted by atomic mass is 16.5. The summed E-state index contributed by atoms with van der Waals surface area (Å²) in [5, 5.41) is 13.6. The summed E-state index contributed by atoms with van der Waals surface area (Å²) >= 11 is 0. The van der Waals surface area contributed by atoms with E-state index in [1.54, 1.807) is 32.4 Å². The number of ether oxygens (including phenoxy) is 2. The van der Waals surface area contributed by atoms with E-state index in [1.807, 2.05) is 32.0 Å². The first-order chi connectivity index (χ1) is 10.9. The zero-order valence-electron chi connectivity index (χ0n) is 14.1. The van der Waals surface area contributed by atoms with Gasteiger partial charge >= 0.3 is 0 Å². The number of methoxy groups -OCH3 is 1. The van der Waals surface area contributed by atoms with Crippen molar-refractivity contribution in [3.8, 4) is 11.5 Å². The molecule has 5 nitrogen and oxygen atoms in total. The molecule has 0 aliphatic heterocycles. The third-order valence-corrected chi connectivity index (χ3v) is 3.44. The van der Waals surface area contributed by atoms with Crippen LogP contribution in [0.25, 0.3) is 0 Å². The van der Waals surface area contributed by atoms with Crippen LogP contribution < -0.4 is 14.8 Å². The standard InChI is InChI=1S/C18H25NO4/c1-13(2)23-15-8-7-14(10-16(15)21-4)11-19-12-18(3,20)17-6-5-9-22-17/h5-10,13,19-20H,11-12H2,1-4H3. The summed E-state index contributed by atoms with van der Waals surface area (Å²) in [6.07, 6.45) is 1.65. The molecule has 1 atom stereocenters. The molecule has 2 aromatic rings. The van der Waals surface area contributed by atoms with Gasteiger partial charge in [0.2, 0.25) is 0 Å². The maximum Gasteiger partial charge on any atom is 0.161 e. The van der Waals surface area contributed by atoms with Gasteiger partial charge in [0.15, 0.2) is 11.5 Å². The van der Waals surface area contributed by atoms with Crippen molar-refractivity contribution in [2.45, 2.75) is 39.0 Å². The minimum Gasteiger partial charge on any atom is -0.493 e. The molecular weight excluding hydrogens is 294 g/mol. The van der Waals surface area contributed by atoms with Gasteiger partial charge in [-0.15, -0.1) is 0 Å². The van der Waals surface area contributed by atoms with E-state index in [1.165, 1.54) is 0 Å². The molecule has 0 saturated carbocycles. The van der Waals surface area contributed by atoms with Crippen molar-refractivity contribution in [2.24, 2.45) is 0 Å². The maximum absolute atomic E-state index is 10.4. The van der Waals surface area contributed by atoms with E-state index in [4.69, 9.17) is 13.9 Å². The van der Waals surface area contributed by atoms with Crippen molar-refractivity contribution in [3.05, 3.63) is 47.9 Å². The van der Waals surface area contributed by atoms with Gasteiger partial charge < -0.3 is 24.3 Å². The number of rotatable bonds is 8. The van der Waals surface area contributed by atoms with Gasteiger partial charge in [0.25, 0.3) is 0 Å². The molecule has 2 rings (SSSR count). The van der Waals surface area contributed by atoms with Gasteiger partial charge in [0.1, 0.15) is 11.4 Å². The summed E-state index contributed by atoms with van der Waals surface area (Å²) < 4.78 is 16.3. The molecule has 0 aliphatic rings. The zero-order chi connectivity index (χ0) is 16.9. The van der Waals surface area contributed by atoms with Gasteiger partial charge in [-0.25, -0.2) is 0 Å². The first-order valence-electron chi connectivity index (χ1n) is 7.73. The zero-order valence-corrected chi connectivity index (χ0v) is 14.1. The lowest BCUT2D eigenvalue weighted by molar-refractivity contribution is 0.0340. The van der Waals surface area contributed by atoms with Gasteiger partial charge in [0, 0.05) is 13.1 Å². The molecule has 1 aromatic heterocycles. The fourth-order valence-electron chi connectivity index (χ4n) is 2.30. The van der Waals surface area contributed by atoms with E-state index in [0.717, 1.165) is 11.3 Å². The van der Waals surface area contributed by atoms with Crippen LogP contribution in [0.15, 0.2) is 41.0 Å². The second-order valence-corrected chi connectivity index (χ2v) is 6.01. The average Bonchev–Trinajstić information content (AvgIpc) is 3.03. The maximum atomic E-state index is 10.4. The number of nitrogens with one attached hydrogen (secondary N) is 1. The van der Waals surface area contributed by atoms with Crippen molar-refractivity contribution >= 4 is 0 Å². The number of furan rings is 1. The molecule has 1 heterocycles. The third kappa shape index (κ3) is 4.74. The Bertz CT molecular complexity index is 605. The molecule has 1 unspecified atom stereocenters. The summed E-state index contributed by atoms with van der Waals surface area (Å²) in [6.45, 7) is 6.67. The first kappa shape index (κ1) is 17.4. The lowest BCUT2D eigenvalue weighted by Crippen LogP contribution is -2.34. The molecule has 5 heteroatoms. The highest BCUT2D eigenvalue weighted by Crippen LogP contribution is 2.29. The summed E-state index contributed by atoms with van der Waals surface area (Å²) in [4.78, 5) is 0. The minimum atomic E-state index is -1.05. The first-order valence-corrected chi connectivity index (χ1v) is 7.73. The smallest absolute Gasteiger partial charge is 0.161 e. The van der Waals surface area contributed by atoms with Gasteiger partial charge in [-0.05, 0) is 50.6 Å². The summed E-state index contributed by atoms with van der Waals surface area (Å²) in [5.74, 6) is 1.98. The largest absolute Gasteiger partial charge is 0.493 e. The van der Waals surface area contributed by atoms with Crippen LogP contribution in [0.2, 0.25) is 0 Å². The molecule has 2 N–H and O–H groups in total. The van der Waals surface area contributed by atoms with Gasteiger partial charge in [-0.1, -0.05) is 6.07 Å². The Kier molecular flexibility index (Phi) is 5.69. The Balaban J connectivity index is 1.95. The van der Waals surface area contributed by atoms with E-state index in [-0.39, 0.29) is 6.10 Å². The van der Waals surface area contributed by atoms with E-state index in [0.29, 0.717) is 24.6 Å². The molecule has 0 amide bonds. The van der Waals surface area contributed by atoms with Crippen LogP contribution in [-0.4, -0.2) is 24.9 Å². The quantitative estimate of drug-likeness (QED) is 0.783. The number of benzene rings is 1. The number of hydrogen-bond donors (Lipinski definition) is 2. The van der Waals surface area contributed by atoms with Crippen molar-refractivity contribution in [2.75, 3.05) is 13.7 Å². The fraction of sp³-hybridized carbons (Fsp3) is 0.444. The molecule has 23 heavy (non-hydrogen) atoms. The summed E-state index contributed by atoms with van der Waals surface area (Å²) in [5.41, 5.74) is 0.00192. The lowest BCUT2D eigenvalue weighted by atomic mass is 10.0. The Morgan fingerprint density at radius 2 is 2.04 bits per heavy atom. The monoisotopic (exact) mass is 319 g/mol. The Morgan fingerprint density at radius 1 is 1.26 bits per heavy atom. The number of hydrogen-bond acceptors (Lipinski definition) is 5. The minimum absolute atomic E-state index is 0.0938. The van der Waals surface area contributed by atoms with Crippen LogP contribution in [0.3, 0.4) is 0 Å². The van der Waals surface area contributed by atoms with E-state index in [2.05, 4.69) is 5.32 Å². The topological polar surface area (TPSA) is 63.9 Å². The van der Waals surface area contributed by atoms with Crippen LogP contribution >= 0.6 is 0 Å². The molecule has 0 aliphatic carbocycles. The Labute approximate surface area is 137 Å². The fourth-order valence-corrected chi connectivity index (χ4v) is 2.30. The SMILES string of the molecule is COc1cc(CNCC(C)(O)c2ccco2)ccc1OC(C)C. The van der Waals surface area contributed by atoms with Gasteiger partial charge in [-0.3, -0.25) is 0 Å². The van der Waals surface area contributed by atoms with Crippen LogP contribution in [-0.2, 0) is 12.1 Å². The normalized spacial score (nSPS) is 13.8. The molecule has 0 radical (unpaired) electrons. The molecule has 1 aromatic carbocycles. The van der Waals surface area contributed by atoms with Crippen molar-refractivity contribution < 1.29 is 19.0 Å². The molecule has 0 spiro atoms. The van der Waals surface area contributed by atoms with E-state index in [9.17, 15) is 5.11 Å². The van der Waals surface area contributed by atoms with Gasteiger partial charge in [-0.2, -0.15) is 0 Å². The van der Waals surface area contributed by atoms with E-state index >= 15 is 0 Å². The lowest BCUT2D eigenvalue weighted by Gasteiger charge is -2.21. The van der Waals surface area contributed by atoms with Crippen molar-refractivity contribution in [1.82, 2.24) is 5.32 Å². The van der Waals surface area contributed by atoms with Crippen LogP contribution in [0.5, 0.6) is 11.5 Å². The highest BCUT2D eigenvalue weighted by Gasteiger charge is 2.25. The average molecular weight is 319 g/mol. The van der Waals surface area contributed by atoms with Crippen LogP contribution in [0.1, 0.15) is 32.1 Å². The third-order valence-electron chi connectivity index (χ3n) is 3.44. The molecule has 126 valence electrons. The molecular formula is C18H25NO4. The molecule has 0 fully saturated rings. The Hall–Kier alpha value is -1.98. The van der Waals surface area contributed by atoms with Gasteiger partial charge in [0.05, 0.1) is 19.5 Å². The molecule has 0 bridgehead atoms. The second-order valence-electron chi connectivity index (χ2n) is 6.01. The van der Waals surface area contributed by atoms with Crippen LogP contribution in [0, 0.1) is 0 Å². The molecule has 0 saturated heterocycles. The number of aliphatic hydroxyl groups is 1. The van der Waals surface area contributed by atoms with Crippen molar-refractivity contribution in [1.29, 1.82) is 0 Å². The van der Waals surface area contributed by atoms with Crippen molar-refractivity contribution in [3.63, 3.8) is 0 Å². The van der Waals surface area contributed by atoms with Crippen LogP contribution in [0.4, 0.5) is 0 Å². The highest BCUT2D eigenvalue weighted by molar-refractivity contribution is 5.43. The second kappa shape index (κ2) is 7.53. The predicted molar refractivity (Wildman–Crippen MR) is 88.7 cm³/mol.